The summed E-state index contributed by atoms with van der Waals surface area (Å²) in [6, 6.07) is 15.9. The second-order valence-corrected chi connectivity index (χ2v) is 9.84. The number of piperidine rings is 1. The summed E-state index contributed by atoms with van der Waals surface area (Å²) in [5.74, 6) is -0.136. The molecular weight excluding hydrogens is 440 g/mol. The molecule has 0 bridgehead atoms. The molecule has 0 unspecified atom stereocenters. The van der Waals surface area contributed by atoms with Crippen LogP contribution in [-0.2, 0) is 10.0 Å². The fourth-order valence-corrected chi connectivity index (χ4v) is 5.59. The molecule has 33 heavy (non-hydrogen) atoms. The van der Waals surface area contributed by atoms with Gasteiger partial charge in [-0.15, -0.1) is 0 Å². The third-order valence-electron chi connectivity index (χ3n) is 5.56. The van der Waals surface area contributed by atoms with E-state index in [0.29, 0.717) is 25.4 Å². The monoisotopic (exact) mass is 468 g/mol. The number of ether oxygens (including phenoxy) is 1. The second kappa shape index (κ2) is 9.76. The number of sulfonamides is 1. The minimum Gasteiger partial charge on any atom is -0.492 e. The maximum atomic E-state index is 13.3. The van der Waals surface area contributed by atoms with Crippen LogP contribution in [0.15, 0.2) is 59.5 Å². The lowest BCUT2D eigenvalue weighted by Gasteiger charge is -2.27. The summed E-state index contributed by atoms with van der Waals surface area (Å²) in [6.45, 7) is 4.99. The molecule has 1 fully saturated rings. The van der Waals surface area contributed by atoms with E-state index < -0.39 is 15.9 Å². The number of hydrogen-bond acceptors (Lipinski definition) is 5. The van der Waals surface area contributed by atoms with E-state index in [9.17, 15) is 13.2 Å². The van der Waals surface area contributed by atoms with Gasteiger partial charge < -0.3 is 10.1 Å². The lowest BCUT2D eigenvalue weighted by molar-refractivity contribution is 0.102. The molecule has 0 aliphatic carbocycles. The molecule has 1 aliphatic rings. The summed E-state index contributed by atoms with van der Waals surface area (Å²) < 4.78 is 35.4. The van der Waals surface area contributed by atoms with Crippen LogP contribution in [0.25, 0.3) is 5.69 Å². The summed E-state index contributed by atoms with van der Waals surface area (Å²) in [4.78, 5) is 13.0. The van der Waals surface area contributed by atoms with Crippen LogP contribution in [0.2, 0.25) is 0 Å². The Labute approximate surface area is 194 Å². The van der Waals surface area contributed by atoms with Gasteiger partial charge in [0.2, 0.25) is 10.0 Å². The Morgan fingerprint density at radius 3 is 2.48 bits per heavy atom. The summed E-state index contributed by atoms with van der Waals surface area (Å²) >= 11 is 0. The zero-order valence-electron chi connectivity index (χ0n) is 18.8. The lowest BCUT2D eigenvalue weighted by atomic mass is 10.2. The van der Waals surface area contributed by atoms with Crippen LogP contribution in [0.5, 0.6) is 5.75 Å². The number of carbonyl (C=O) groups is 1. The van der Waals surface area contributed by atoms with Crippen molar-refractivity contribution in [1.82, 2.24) is 14.1 Å². The summed E-state index contributed by atoms with van der Waals surface area (Å²) in [7, 11) is -3.74. The van der Waals surface area contributed by atoms with Crippen LogP contribution in [0.1, 0.15) is 42.4 Å². The van der Waals surface area contributed by atoms with Gasteiger partial charge in [0.1, 0.15) is 10.6 Å². The van der Waals surface area contributed by atoms with Gasteiger partial charge in [-0.2, -0.15) is 9.40 Å². The van der Waals surface area contributed by atoms with Crippen LogP contribution >= 0.6 is 0 Å². The number of hydrogen-bond donors (Lipinski definition) is 1. The molecule has 1 aliphatic heterocycles. The first-order valence-corrected chi connectivity index (χ1v) is 12.5. The smallest absolute Gasteiger partial charge is 0.276 e. The van der Waals surface area contributed by atoms with Crippen molar-refractivity contribution in [2.24, 2.45) is 0 Å². The number of anilines is 1. The van der Waals surface area contributed by atoms with Gasteiger partial charge in [0.25, 0.3) is 5.91 Å². The van der Waals surface area contributed by atoms with E-state index in [1.54, 1.807) is 29.8 Å². The zero-order valence-corrected chi connectivity index (χ0v) is 19.6. The first-order chi connectivity index (χ1) is 15.9. The Kier molecular flexibility index (Phi) is 6.80. The highest BCUT2D eigenvalue weighted by Crippen LogP contribution is 2.31. The van der Waals surface area contributed by atoms with Crippen LogP contribution in [0.3, 0.4) is 0 Å². The fraction of sp³-hybridized carbons (Fsp3) is 0.333. The predicted octanol–water partition coefficient (Wildman–Crippen LogP) is 4.01. The van der Waals surface area contributed by atoms with Crippen molar-refractivity contribution in [3.05, 3.63) is 66.0 Å². The summed E-state index contributed by atoms with van der Waals surface area (Å²) in [5, 5.41) is 7.20. The average molecular weight is 469 g/mol. The number of para-hydroxylation sites is 1. The van der Waals surface area contributed by atoms with Gasteiger partial charge in [0.15, 0.2) is 5.69 Å². The molecule has 0 spiro atoms. The second-order valence-electron chi connectivity index (χ2n) is 7.93. The van der Waals surface area contributed by atoms with Gasteiger partial charge in [0.05, 0.1) is 12.3 Å². The quantitative estimate of drug-likeness (QED) is 0.566. The molecule has 1 saturated heterocycles. The maximum absolute atomic E-state index is 13.3. The van der Waals surface area contributed by atoms with Gasteiger partial charge in [-0.1, -0.05) is 24.6 Å². The number of carbonyl (C=O) groups excluding carboxylic acids is 1. The van der Waals surface area contributed by atoms with E-state index >= 15 is 0 Å². The van der Waals surface area contributed by atoms with Crippen LogP contribution in [0.4, 0.5) is 5.69 Å². The van der Waals surface area contributed by atoms with Gasteiger partial charge in [0, 0.05) is 24.5 Å². The molecule has 0 radical (unpaired) electrons. The minimum absolute atomic E-state index is 0.0649. The molecule has 8 nitrogen and oxygen atoms in total. The molecule has 4 rings (SSSR count). The van der Waals surface area contributed by atoms with Gasteiger partial charge in [-0.3, -0.25) is 4.79 Å². The molecule has 1 aromatic heterocycles. The van der Waals surface area contributed by atoms with Crippen LogP contribution in [0, 0.1) is 6.92 Å². The molecule has 1 N–H and O–H groups in total. The van der Waals surface area contributed by atoms with E-state index in [4.69, 9.17) is 4.74 Å². The van der Waals surface area contributed by atoms with Gasteiger partial charge in [-0.25, -0.2) is 13.1 Å². The number of nitrogens with zero attached hydrogens (tertiary/aromatic N) is 3. The maximum Gasteiger partial charge on any atom is 0.276 e. The Hall–Kier alpha value is -3.17. The zero-order chi connectivity index (χ0) is 23.4. The van der Waals surface area contributed by atoms with Crippen LogP contribution < -0.4 is 10.1 Å². The van der Waals surface area contributed by atoms with Crippen LogP contribution in [-0.4, -0.2) is 48.1 Å². The molecule has 0 saturated carbocycles. The Balaban J connectivity index is 1.61. The van der Waals surface area contributed by atoms with Crippen molar-refractivity contribution in [3.63, 3.8) is 0 Å². The summed E-state index contributed by atoms with van der Waals surface area (Å²) in [6.07, 6.45) is 2.70. The molecule has 2 aromatic carbocycles. The summed E-state index contributed by atoms with van der Waals surface area (Å²) in [5.41, 5.74) is 2.27. The minimum atomic E-state index is -3.74. The van der Waals surface area contributed by atoms with Crippen molar-refractivity contribution in [3.8, 4) is 11.4 Å². The number of benzene rings is 2. The highest BCUT2D eigenvalue weighted by molar-refractivity contribution is 7.89. The van der Waals surface area contributed by atoms with Crippen molar-refractivity contribution in [2.45, 2.75) is 38.0 Å². The Bertz CT molecular complexity index is 1230. The number of amides is 1. The number of rotatable bonds is 7. The normalized spacial score (nSPS) is 14.7. The number of nitrogens with one attached hydrogen (secondary N) is 1. The van der Waals surface area contributed by atoms with Crippen molar-refractivity contribution < 1.29 is 17.9 Å². The molecule has 9 heteroatoms. The predicted molar refractivity (Wildman–Crippen MR) is 126 cm³/mol. The average Bonchev–Trinajstić information content (AvgIpc) is 3.23. The van der Waals surface area contributed by atoms with E-state index in [1.165, 1.54) is 10.4 Å². The molecule has 2 heterocycles. The Morgan fingerprint density at radius 1 is 1.06 bits per heavy atom. The highest BCUT2D eigenvalue weighted by atomic mass is 32.2. The molecule has 174 valence electrons. The fourth-order valence-electron chi connectivity index (χ4n) is 3.92. The molecule has 3 aromatic rings. The van der Waals surface area contributed by atoms with E-state index in [1.807, 2.05) is 37.3 Å². The topological polar surface area (TPSA) is 93.5 Å². The van der Waals surface area contributed by atoms with Crippen molar-refractivity contribution >= 4 is 21.6 Å². The first kappa shape index (κ1) is 23.0. The molecule has 0 atom stereocenters. The van der Waals surface area contributed by atoms with Crippen molar-refractivity contribution in [1.29, 1.82) is 0 Å². The molecule has 1 amide bonds. The first-order valence-electron chi connectivity index (χ1n) is 11.1. The van der Waals surface area contributed by atoms with Crippen molar-refractivity contribution in [2.75, 3.05) is 25.0 Å². The van der Waals surface area contributed by atoms with E-state index in [-0.39, 0.29) is 16.3 Å². The third-order valence-corrected chi connectivity index (χ3v) is 7.47. The van der Waals surface area contributed by atoms with E-state index in [2.05, 4.69) is 10.4 Å². The lowest BCUT2D eigenvalue weighted by Crippen LogP contribution is -2.35. The molecular formula is C24H28N4O4S. The van der Waals surface area contributed by atoms with E-state index in [0.717, 1.165) is 30.6 Å². The number of aromatic nitrogens is 2. The SMILES string of the molecule is CCOc1ccc(NC(=O)c2cc(C)n(-c3ccccc3)n2)cc1S(=O)(=O)N1CCCCC1. The Morgan fingerprint density at radius 2 is 1.79 bits per heavy atom. The third kappa shape index (κ3) is 4.94. The largest absolute Gasteiger partial charge is 0.492 e. The van der Waals surface area contributed by atoms with Gasteiger partial charge in [-0.05, 0) is 63.1 Å². The number of aryl methyl sites for hydroxylation is 1. The standard InChI is InChI=1S/C24H28N4O4S/c1-3-32-22-13-12-19(17-23(22)33(30,31)27-14-8-5-9-15-27)25-24(29)21-16-18(2)28(26-21)20-10-6-4-7-11-20/h4,6-7,10-13,16-17H,3,5,8-9,14-15H2,1-2H3,(H,25,29). The highest BCUT2D eigenvalue weighted by Gasteiger charge is 2.29. The van der Waals surface area contributed by atoms with Gasteiger partial charge >= 0.3 is 0 Å².